The van der Waals surface area contributed by atoms with E-state index in [2.05, 4.69) is 0 Å². The van der Waals surface area contributed by atoms with Crippen LogP contribution in [0.5, 0.6) is 0 Å². The zero-order valence-electron chi connectivity index (χ0n) is 28.9. The van der Waals surface area contributed by atoms with Gasteiger partial charge in [0.2, 0.25) is 0 Å². The number of H-pyrrole nitrogens is 1. The molecule has 6 aromatic rings. The minimum absolute atomic E-state index is 0.220. The highest BCUT2D eigenvalue weighted by Crippen LogP contribution is 2.39. The number of hydrogen-bond acceptors (Lipinski definition) is 0. The lowest BCUT2D eigenvalue weighted by Crippen LogP contribution is -1.93. The summed E-state index contributed by atoms with van der Waals surface area (Å²) < 4.78 is 137. The molecule has 4 aromatic carbocycles. The minimum Gasteiger partial charge on any atom is -0.354 e. The van der Waals surface area contributed by atoms with Gasteiger partial charge in [-0.25, -0.2) is 0 Å². The highest BCUT2D eigenvalue weighted by molar-refractivity contribution is 6.25. The maximum absolute atomic E-state index is 8.89. The van der Waals surface area contributed by atoms with Gasteiger partial charge in [0.25, 0.3) is 0 Å². The van der Waals surface area contributed by atoms with Crippen LogP contribution in [0.3, 0.4) is 0 Å². The summed E-state index contributed by atoms with van der Waals surface area (Å²) in [5.41, 5.74) is -1.90. The highest BCUT2D eigenvalue weighted by atomic mass is 15.0. The molecule has 2 heterocycles. The fourth-order valence-corrected chi connectivity index (χ4v) is 3.23. The van der Waals surface area contributed by atoms with Crippen molar-refractivity contribution in [2.75, 3.05) is 0 Å². The number of aromatic amines is 1. The molecule has 6 rings (SSSR count). The molecular weight excluding hydrogens is 316 g/mol. The van der Waals surface area contributed by atoms with Crippen LogP contribution in [0.2, 0.25) is 1.41 Å². The van der Waals surface area contributed by atoms with Crippen LogP contribution in [0.15, 0.2) is 90.6 Å². The van der Waals surface area contributed by atoms with Crippen molar-refractivity contribution < 1.29 is 22.0 Å². The van der Waals surface area contributed by atoms with E-state index in [0.717, 1.165) is 4.57 Å². The third-order valence-electron chi connectivity index (χ3n) is 4.23. The van der Waals surface area contributed by atoms with Crippen molar-refractivity contribution >= 4 is 43.6 Å². The van der Waals surface area contributed by atoms with Crippen LogP contribution in [0.1, 0.15) is 20.6 Å². The Morgan fingerprint density at radius 2 is 1.38 bits per heavy atom. The molecule has 0 saturated carbocycles. The molecule has 2 heteroatoms. The molecule has 0 amide bonds. The predicted octanol–water partition coefficient (Wildman–Crippen LogP) is 6.42. The van der Waals surface area contributed by atoms with Gasteiger partial charge in [-0.05, 0) is 30.2 Å². The number of nitrogens with zero attached hydrogens (tertiary/aromatic N) is 1. The highest BCUT2D eigenvalue weighted by Gasteiger charge is 2.17. The average molecular weight is 349 g/mol. The van der Waals surface area contributed by atoms with Crippen LogP contribution < -0.4 is 0 Å². The smallest absolute Gasteiger partial charge is 0.167 e. The Kier molecular flexibility index (Phi) is 1.05. The molecule has 0 radical (unpaired) electrons. The first-order chi connectivity index (χ1) is 19.6. The maximum Gasteiger partial charge on any atom is 0.167 e. The minimum atomic E-state index is -0.758. The molecule has 0 spiro atoms. The van der Waals surface area contributed by atoms with Gasteiger partial charge in [-0.1, -0.05) is 60.4 Å². The van der Waals surface area contributed by atoms with Crippen molar-refractivity contribution in [1.82, 2.24) is 9.54 Å². The normalized spacial score (nSPS) is 20.5. The van der Waals surface area contributed by atoms with E-state index in [4.69, 9.17) is 22.0 Å². The topological polar surface area (TPSA) is 20.7 Å². The molecule has 2 nitrogen and oxygen atoms in total. The largest absolute Gasteiger partial charge is 0.354 e. The average Bonchev–Trinajstić information content (AvgIpc) is 3.46. The maximum atomic E-state index is 8.89. The van der Waals surface area contributed by atoms with E-state index in [1.54, 1.807) is 0 Å². The number of para-hydroxylation sites is 3. The SMILES string of the molecule is [2H]c1c([2H])c([2H])c(-n2c3c([2H])c([2H])c([2H])c([2H])c3c3c([2H])c([2H])c4c(c5c([2H])c([2H])c([2H])c([2H])c5n4[2H])c32)c([2H])c1[2H]. The number of hydrogen-bond donors (Lipinski definition) is 1. The summed E-state index contributed by atoms with van der Waals surface area (Å²) >= 11 is 0. The van der Waals surface area contributed by atoms with E-state index in [0.29, 0.717) is 4.98 Å². The summed E-state index contributed by atoms with van der Waals surface area (Å²) in [7, 11) is 0. The molecule has 0 aliphatic rings. The van der Waals surface area contributed by atoms with E-state index in [1.165, 1.54) is 0 Å². The van der Waals surface area contributed by atoms with Crippen LogP contribution in [0.25, 0.3) is 49.3 Å². The molecule has 1 N–H and O–H groups in total. The first-order valence-electron chi connectivity index (χ1n) is 15.6. The van der Waals surface area contributed by atoms with Gasteiger partial charge in [0, 0.05) is 38.3 Å². The van der Waals surface area contributed by atoms with Crippen LogP contribution in [0.4, 0.5) is 0 Å². The standard InChI is InChI=1S/C24H16N2/c1-2-8-16(9-3-1)26-22-13-7-5-10-17(22)18-14-15-21-23(24(18)26)19-11-4-6-12-20(19)25-21/h1-15,25H/i1D,2D,3D,4D,5D,6D,7D,8D,9D,10D,11D,12D,13D,14D,15D/hD. The number of benzene rings is 4. The lowest BCUT2D eigenvalue weighted by atomic mass is 10.1. The molecule has 0 unspecified atom stereocenters. The third-order valence-corrected chi connectivity index (χ3v) is 4.23. The lowest BCUT2D eigenvalue weighted by molar-refractivity contribution is 1.19. The van der Waals surface area contributed by atoms with Gasteiger partial charge in [0.1, 0.15) is 0 Å². The Balaban J connectivity index is 2.14. The summed E-state index contributed by atoms with van der Waals surface area (Å²) in [6.45, 7) is 0. The van der Waals surface area contributed by atoms with Gasteiger partial charge in [-0.2, -0.15) is 0 Å². The molecule has 0 aliphatic heterocycles. The van der Waals surface area contributed by atoms with Crippen molar-refractivity contribution in [3.63, 3.8) is 0 Å². The van der Waals surface area contributed by atoms with E-state index < -0.39 is 96.3 Å². The molecular formula is C24H16N2. The molecule has 0 saturated heterocycles. The van der Waals surface area contributed by atoms with E-state index in [9.17, 15) is 0 Å². The summed E-state index contributed by atoms with van der Waals surface area (Å²) in [5.74, 6) is 0. The fourth-order valence-electron chi connectivity index (χ4n) is 3.23. The van der Waals surface area contributed by atoms with Crippen molar-refractivity contribution in [2.24, 2.45) is 0 Å². The molecule has 0 fully saturated rings. The zero-order chi connectivity index (χ0) is 31.0. The second-order valence-electron chi connectivity index (χ2n) is 5.57. The summed E-state index contributed by atoms with van der Waals surface area (Å²) in [6.07, 6.45) is 0. The number of fused-ring (bicyclic) bond motifs is 7. The predicted molar refractivity (Wildman–Crippen MR) is 110 cm³/mol. The van der Waals surface area contributed by atoms with E-state index >= 15 is 0 Å². The van der Waals surface area contributed by atoms with Gasteiger partial charge < -0.3 is 9.54 Å². The van der Waals surface area contributed by atoms with Crippen molar-refractivity contribution in [1.29, 1.82) is 0 Å². The van der Waals surface area contributed by atoms with Crippen LogP contribution >= 0.6 is 0 Å². The van der Waals surface area contributed by atoms with E-state index in [1.807, 2.05) is 0 Å². The summed E-state index contributed by atoms with van der Waals surface area (Å²) in [4.78, 5) is 0.571. The quantitative estimate of drug-likeness (QED) is 0.354. The molecule has 0 atom stereocenters. The zero-order valence-corrected chi connectivity index (χ0v) is 12.9. The van der Waals surface area contributed by atoms with Crippen molar-refractivity contribution in [3.05, 3.63) is 90.6 Å². The van der Waals surface area contributed by atoms with Gasteiger partial charge in [-0.3, -0.25) is 0 Å². The second kappa shape index (κ2) is 4.99. The van der Waals surface area contributed by atoms with Crippen LogP contribution in [-0.4, -0.2) is 9.54 Å². The molecule has 0 bridgehead atoms. The summed E-state index contributed by atoms with van der Waals surface area (Å²) in [6, 6.07) is -10.3. The second-order valence-corrected chi connectivity index (χ2v) is 5.57. The molecule has 122 valence electrons. The Morgan fingerprint density at radius 1 is 0.654 bits per heavy atom. The summed E-state index contributed by atoms with van der Waals surface area (Å²) in [5, 5.41) is -1.06. The first-order valence-corrected chi connectivity index (χ1v) is 7.62. The van der Waals surface area contributed by atoms with Crippen molar-refractivity contribution in [3.8, 4) is 5.69 Å². The third kappa shape index (κ3) is 1.71. The monoisotopic (exact) mass is 348 g/mol. The van der Waals surface area contributed by atoms with Gasteiger partial charge in [0.15, 0.2) is 1.41 Å². The molecule has 26 heavy (non-hydrogen) atoms. The number of nitrogens with one attached hydrogen (secondary N) is 1. The van der Waals surface area contributed by atoms with Gasteiger partial charge in [0.05, 0.1) is 31.6 Å². The Labute approximate surface area is 172 Å². The van der Waals surface area contributed by atoms with Crippen LogP contribution in [-0.2, 0) is 0 Å². The van der Waals surface area contributed by atoms with Crippen molar-refractivity contribution in [2.45, 2.75) is 0 Å². The Hall–Kier alpha value is -3.52. The number of rotatable bonds is 1. The Bertz CT molecular complexity index is 2230. The fraction of sp³-hybridized carbons (Fsp3) is 0. The van der Waals surface area contributed by atoms with Crippen LogP contribution in [0, 0.1) is 0 Å². The first kappa shape index (κ1) is 5.49. The van der Waals surface area contributed by atoms with Gasteiger partial charge >= 0.3 is 0 Å². The molecule has 0 aliphatic carbocycles. The molecule has 2 aromatic heterocycles. The number of aromatic nitrogens is 2. The van der Waals surface area contributed by atoms with E-state index in [-0.39, 0.29) is 43.6 Å². The van der Waals surface area contributed by atoms with Gasteiger partial charge in [-0.15, -0.1) is 0 Å². The Morgan fingerprint density at radius 3 is 2.27 bits per heavy atom. The lowest BCUT2D eigenvalue weighted by Gasteiger charge is -2.08.